The number of hydrogen-bond donors (Lipinski definition) is 2. The maximum atomic E-state index is 12.9. The standard InChI is InChI=1S/C20H17N3O2S2/c1-11-7-9-12(10-8-11)17(24)18-16(21)15-19(27-23-20(15)26-18)22-13-5-3-4-6-14(13)25-2/h3-10,22H,21H2,1-2H3. The van der Waals surface area contributed by atoms with E-state index in [2.05, 4.69) is 9.69 Å². The highest BCUT2D eigenvalue weighted by atomic mass is 32.1. The largest absolute Gasteiger partial charge is 0.495 e. The van der Waals surface area contributed by atoms with Crippen molar-refractivity contribution in [2.24, 2.45) is 0 Å². The van der Waals surface area contributed by atoms with Crippen LogP contribution in [0.4, 0.5) is 16.4 Å². The van der Waals surface area contributed by atoms with Crippen LogP contribution in [0.5, 0.6) is 5.75 Å². The van der Waals surface area contributed by atoms with Gasteiger partial charge < -0.3 is 15.8 Å². The molecule has 0 amide bonds. The number of carbonyl (C=O) groups is 1. The van der Waals surface area contributed by atoms with E-state index in [1.807, 2.05) is 55.5 Å². The number of nitrogen functional groups attached to an aromatic ring is 1. The van der Waals surface area contributed by atoms with Crippen LogP contribution in [-0.4, -0.2) is 17.3 Å². The van der Waals surface area contributed by atoms with Gasteiger partial charge in [-0.2, -0.15) is 4.37 Å². The molecule has 0 atom stereocenters. The molecule has 3 N–H and O–H groups in total. The van der Waals surface area contributed by atoms with E-state index in [0.717, 1.165) is 32.2 Å². The van der Waals surface area contributed by atoms with Gasteiger partial charge >= 0.3 is 0 Å². The molecular weight excluding hydrogens is 378 g/mol. The minimum absolute atomic E-state index is 0.0799. The monoisotopic (exact) mass is 395 g/mol. The van der Waals surface area contributed by atoms with Crippen molar-refractivity contribution in [1.29, 1.82) is 0 Å². The maximum absolute atomic E-state index is 12.9. The smallest absolute Gasteiger partial charge is 0.205 e. The summed E-state index contributed by atoms with van der Waals surface area (Å²) in [6.45, 7) is 1.99. The molecule has 0 radical (unpaired) electrons. The van der Waals surface area contributed by atoms with Crippen molar-refractivity contribution in [1.82, 2.24) is 4.37 Å². The molecule has 0 saturated heterocycles. The number of benzene rings is 2. The van der Waals surface area contributed by atoms with Gasteiger partial charge in [0.1, 0.15) is 20.5 Å². The first-order valence-corrected chi connectivity index (χ1v) is 9.86. The second kappa shape index (κ2) is 7.02. The molecule has 2 heterocycles. The zero-order chi connectivity index (χ0) is 19.0. The van der Waals surface area contributed by atoms with Crippen LogP contribution in [0.15, 0.2) is 48.5 Å². The van der Waals surface area contributed by atoms with E-state index in [9.17, 15) is 4.79 Å². The summed E-state index contributed by atoms with van der Waals surface area (Å²) in [5.74, 6) is 0.646. The molecule has 0 aliphatic heterocycles. The number of aromatic nitrogens is 1. The number of fused-ring (bicyclic) bond motifs is 1. The number of nitrogens with one attached hydrogen (secondary N) is 1. The second-order valence-corrected chi connectivity index (χ2v) is 7.83. The number of ketones is 1. The predicted octanol–water partition coefficient (Wildman–Crippen LogP) is 5.23. The Morgan fingerprint density at radius 1 is 1.15 bits per heavy atom. The zero-order valence-corrected chi connectivity index (χ0v) is 16.4. The molecule has 0 aliphatic carbocycles. The molecule has 4 rings (SSSR count). The molecule has 0 saturated carbocycles. The number of hydrogen-bond acceptors (Lipinski definition) is 7. The van der Waals surface area contributed by atoms with Crippen LogP contribution in [-0.2, 0) is 0 Å². The van der Waals surface area contributed by atoms with E-state index in [1.165, 1.54) is 22.9 Å². The molecule has 4 aromatic rings. The van der Waals surface area contributed by atoms with Gasteiger partial charge in [0.2, 0.25) is 5.78 Å². The Labute approximate surface area is 164 Å². The molecule has 0 aliphatic rings. The number of nitrogens with two attached hydrogens (primary N) is 1. The summed E-state index contributed by atoms with van der Waals surface area (Å²) in [6.07, 6.45) is 0. The van der Waals surface area contributed by atoms with Gasteiger partial charge in [-0.3, -0.25) is 4.79 Å². The third-order valence-electron chi connectivity index (χ3n) is 4.25. The van der Waals surface area contributed by atoms with Crippen molar-refractivity contribution in [3.63, 3.8) is 0 Å². The van der Waals surface area contributed by atoms with Gasteiger partial charge in [-0.05, 0) is 30.6 Å². The van der Waals surface area contributed by atoms with Gasteiger partial charge in [0, 0.05) is 5.56 Å². The minimum atomic E-state index is -0.0799. The van der Waals surface area contributed by atoms with Crippen molar-refractivity contribution in [3.05, 3.63) is 64.5 Å². The van der Waals surface area contributed by atoms with Crippen LogP contribution in [0.2, 0.25) is 0 Å². The highest BCUT2D eigenvalue weighted by Gasteiger charge is 2.22. The molecule has 27 heavy (non-hydrogen) atoms. The fourth-order valence-corrected chi connectivity index (χ4v) is 4.78. The summed E-state index contributed by atoms with van der Waals surface area (Å²) in [7, 11) is 1.63. The van der Waals surface area contributed by atoms with Gasteiger partial charge in [-0.1, -0.05) is 42.0 Å². The lowest BCUT2D eigenvalue weighted by molar-refractivity contribution is 0.104. The first-order valence-electron chi connectivity index (χ1n) is 8.27. The van der Waals surface area contributed by atoms with Crippen molar-refractivity contribution in [2.45, 2.75) is 6.92 Å². The lowest BCUT2D eigenvalue weighted by Gasteiger charge is -2.09. The number of aryl methyl sites for hydroxylation is 1. The molecule has 136 valence electrons. The molecule has 0 bridgehead atoms. The van der Waals surface area contributed by atoms with Crippen molar-refractivity contribution < 1.29 is 9.53 Å². The molecule has 0 fully saturated rings. The summed E-state index contributed by atoms with van der Waals surface area (Å²) in [5.41, 5.74) is 9.38. The number of ether oxygens (including phenoxy) is 1. The number of carbonyl (C=O) groups excluding carboxylic acids is 1. The number of anilines is 3. The molecule has 5 nitrogen and oxygen atoms in total. The quantitative estimate of drug-likeness (QED) is 0.452. The average molecular weight is 396 g/mol. The fourth-order valence-electron chi connectivity index (χ4n) is 2.81. The molecular formula is C20H17N3O2S2. The number of para-hydroxylation sites is 2. The number of methoxy groups -OCH3 is 1. The van der Waals surface area contributed by atoms with Gasteiger partial charge in [-0.15, -0.1) is 11.3 Å². The van der Waals surface area contributed by atoms with E-state index in [-0.39, 0.29) is 5.78 Å². The van der Waals surface area contributed by atoms with Crippen LogP contribution in [0.1, 0.15) is 20.8 Å². The molecule has 7 heteroatoms. The van der Waals surface area contributed by atoms with Crippen molar-refractivity contribution in [3.8, 4) is 5.75 Å². The number of rotatable bonds is 5. The first-order chi connectivity index (χ1) is 13.1. The summed E-state index contributed by atoms with van der Waals surface area (Å²) >= 11 is 2.64. The van der Waals surface area contributed by atoms with E-state index >= 15 is 0 Å². The topological polar surface area (TPSA) is 77.2 Å². The van der Waals surface area contributed by atoms with Crippen LogP contribution in [0.25, 0.3) is 10.2 Å². The Morgan fingerprint density at radius 2 is 1.89 bits per heavy atom. The van der Waals surface area contributed by atoms with E-state index < -0.39 is 0 Å². The lowest BCUT2D eigenvalue weighted by Crippen LogP contribution is -2.02. The average Bonchev–Trinajstić information content (AvgIpc) is 3.23. The third-order valence-corrected chi connectivity index (χ3v) is 6.23. The lowest BCUT2D eigenvalue weighted by atomic mass is 10.1. The highest BCUT2D eigenvalue weighted by Crippen LogP contribution is 2.43. The van der Waals surface area contributed by atoms with Gasteiger partial charge in [0.15, 0.2) is 0 Å². The first kappa shape index (κ1) is 17.5. The SMILES string of the molecule is COc1ccccc1Nc1snc2sc(C(=O)c3ccc(C)cc3)c(N)c12. The summed E-state index contributed by atoms with van der Waals surface area (Å²) in [5, 5.41) is 4.91. The van der Waals surface area contributed by atoms with Crippen LogP contribution in [0.3, 0.4) is 0 Å². The predicted molar refractivity (Wildman–Crippen MR) is 113 cm³/mol. The van der Waals surface area contributed by atoms with Gasteiger partial charge in [0.05, 0.1) is 23.9 Å². The summed E-state index contributed by atoms with van der Waals surface area (Å²) in [6, 6.07) is 15.1. The maximum Gasteiger partial charge on any atom is 0.205 e. The Bertz CT molecular complexity index is 1130. The number of thiophene rings is 1. The third kappa shape index (κ3) is 3.15. The summed E-state index contributed by atoms with van der Waals surface area (Å²) < 4.78 is 9.85. The van der Waals surface area contributed by atoms with Crippen molar-refractivity contribution in [2.75, 3.05) is 18.2 Å². The van der Waals surface area contributed by atoms with Crippen molar-refractivity contribution >= 4 is 55.2 Å². The van der Waals surface area contributed by atoms with E-state index in [0.29, 0.717) is 16.1 Å². The Kier molecular flexibility index (Phi) is 4.55. The molecule has 2 aromatic carbocycles. The van der Waals surface area contributed by atoms with Gasteiger partial charge in [0.25, 0.3) is 0 Å². The van der Waals surface area contributed by atoms with E-state index in [4.69, 9.17) is 10.5 Å². The second-order valence-electron chi connectivity index (χ2n) is 6.06. The Morgan fingerprint density at radius 3 is 2.63 bits per heavy atom. The van der Waals surface area contributed by atoms with Crippen LogP contribution in [0, 0.1) is 6.92 Å². The molecule has 0 unspecified atom stereocenters. The van der Waals surface area contributed by atoms with Gasteiger partial charge in [-0.25, -0.2) is 0 Å². The molecule has 2 aromatic heterocycles. The Hall–Kier alpha value is -2.90. The van der Waals surface area contributed by atoms with Crippen LogP contribution >= 0.6 is 22.9 Å². The molecule has 0 spiro atoms. The van der Waals surface area contributed by atoms with Crippen LogP contribution < -0.4 is 15.8 Å². The normalized spacial score (nSPS) is 10.9. The highest BCUT2D eigenvalue weighted by molar-refractivity contribution is 7.24. The Balaban J connectivity index is 1.73. The summed E-state index contributed by atoms with van der Waals surface area (Å²) in [4.78, 5) is 14.2. The number of nitrogens with zero attached hydrogens (tertiary/aromatic N) is 1. The fraction of sp³-hybridized carbons (Fsp3) is 0.100. The minimum Gasteiger partial charge on any atom is -0.495 e. The van der Waals surface area contributed by atoms with E-state index in [1.54, 1.807) is 7.11 Å². The zero-order valence-electron chi connectivity index (χ0n) is 14.8.